The molecule has 0 saturated carbocycles. The van der Waals surface area contributed by atoms with Crippen molar-refractivity contribution in [2.24, 2.45) is 0 Å². The maximum Gasteiger partial charge on any atom is 0.270 e. The lowest BCUT2D eigenvalue weighted by Gasteiger charge is -1.93. The molecule has 0 spiro atoms. The van der Waals surface area contributed by atoms with Crippen molar-refractivity contribution in [3.05, 3.63) is 33.9 Å². The molecule has 0 saturated heterocycles. The highest BCUT2D eigenvalue weighted by Crippen LogP contribution is 2.19. The van der Waals surface area contributed by atoms with Gasteiger partial charge in [-0.05, 0) is 6.07 Å². The van der Waals surface area contributed by atoms with Gasteiger partial charge in [0.25, 0.3) is 5.69 Å². The Morgan fingerprint density at radius 1 is 1.58 bits per heavy atom. The minimum atomic E-state index is -0.560. The van der Waals surface area contributed by atoms with Gasteiger partial charge < -0.3 is 0 Å². The van der Waals surface area contributed by atoms with Gasteiger partial charge in [0.2, 0.25) is 0 Å². The molecule has 0 fully saturated rings. The third-order valence-electron chi connectivity index (χ3n) is 1.29. The smallest absolute Gasteiger partial charge is 0.258 e. The van der Waals surface area contributed by atoms with Crippen LogP contribution in [0.1, 0.15) is 5.56 Å². The minimum Gasteiger partial charge on any atom is -0.258 e. The number of nitro benzene ring substituents is 1. The van der Waals surface area contributed by atoms with E-state index in [4.69, 9.17) is 17.9 Å². The fourth-order valence-electron chi connectivity index (χ4n) is 0.719. The summed E-state index contributed by atoms with van der Waals surface area (Å²) < 4.78 is 0. The number of benzene rings is 1. The molecule has 0 N–H and O–H groups in total. The van der Waals surface area contributed by atoms with Crippen molar-refractivity contribution in [1.82, 2.24) is 0 Å². The number of non-ortho nitro benzene ring substituents is 1. The predicted octanol–water partition coefficient (Wildman–Crippen LogP) is 2.02. The summed E-state index contributed by atoms with van der Waals surface area (Å²) >= 11 is 4.75. The summed E-state index contributed by atoms with van der Waals surface area (Å²) in [5, 5.41) is 18.7. The van der Waals surface area contributed by atoms with E-state index < -0.39 is 4.92 Å². The zero-order valence-electron chi connectivity index (χ0n) is 5.85. The average Bonchev–Trinajstić information content (AvgIpc) is 2.05. The summed E-state index contributed by atoms with van der Waals surface area (Å²) in [6.07, 6.45) is 0. The molecule has 1 aromatic rings. The molecule has 12 heavy (non-hydrogen) atoms. The van der Waals surface area contributed by atoms with Gasteiger partial charge in [0.15, 0.2) is 0 Å². The molecule has 1 radical (unpaired) electrons. The van der Waals surface area contributed by atoms with Crippen molar-refractivity contribution >= 4 is 18.3 Å². The summed E-state index contributed by atoms with van der Waals surface area (Å²) in [4.78, 5) is 10.0. The summed E-state index contributed by atoms with van der Waals surface area (Å²) in [6.45, 7) is 0. The number of hydrogen-bond donors (Lipinski definition) is 0. The number of rotatable bonds is 1. The van der Waals surface area contributed by atoms with E-state index in [0.717, 1.165) is 0 Å². The molecule has 0 aliphatic rings. The van der Waals surface area contributed by atoms with Crippen molar-refractivity contribution in [3.8, 4) is 6.07 Å². The summed E-state index contributed by atoms with van der Waals surface area (Å²) in [5.41, 5.74) is 0.0550. The van der Waals surface area contributed by atoms with Crippen molar-refractivity contribution in [3.63, 3.8) is 0 Å². The quantitative estimate of drug-likeness (QED) is 0.489. The van der Waals surface area contributed by atoms with E-state index in [1.165, 1.54) is 18.2 Å². The largest absolute Gasteiger partial charge is 0.270 e. The summed E-state index contributed by atoms with van der Waals surface area (Å²) in [7, 11) is 0. The first-order valence-electron chi connectivity index (χ1n) is 3.00. The molecule has 0 aliphatic carbocycles. The number of nitro groups is 1. The van der Waals surface area contributed by atoms with Gasteiger partial charge in [0, 0.05) is 12.1 Å². The van der Waals surface area contributed by atoms with Gasteiger partial charge in [-0.15, -0.1) is 0 Å². The van der Waals surface area contributed by atoms with Crippen molar-refractivity contribution < 1.29 is 4.92 Å². The van der Waals surface area contributed by atoms with E-state index in [0.29, 0.717) is 4.90 Å². The number of nitriles is 1. The lowest BCUT2D eigenvalue weighted by atomic mass is 10.2. The van der Waals surface area contributed by atoms with Crippen molar-refractivity contribution in [2.75, 3.05) is 0 Å². The highest BCUT2D eigenvalue weighted by Gasteiger charge is 2.08. The highest BCUT2D eigenvalue weighted by molar-refractivity contribution is 7.80. The minimum absolute atomic E-state index is 0.111. The van der Waals surface area contributed by atoms with Crippen molar-refractivity contribution in [2.45, 2.75) is 4.90 Å². The van der Waals surface area contributed by atoms with E-state index in [2.05, 4.69) is 0 Å². The summed E-state index contributed by atoms with van der Waals surface area (Å²) in [5.74, 6) is 0. The third-order valence-corrected chi connectivity index (χ3v) is 1.65. The lowest BCUT2D eigenvalue weighted by Crippen LogP contribution is -1.88. The molecular weight excluding hydrogens is 176 g/mol. The Morgan fingerprint density at radius 2 is 2.25 bits per heavy atom. The van der Waals surface area contributed by atoms with Gasteiger partial charge in [0.1, 0.15) is 6.07 Å². The van der Waals surface area contributed by atoms with Crippen LogP contribution in [-0.4, -0.2) is 4.92 Å². The van der Waals surface area contributed by atoms with Gasteiger partial charge in [-0.1, -0.05) is 12.6 Å². The van der Waals surface area contributed by atoms with Gasteiger partial charge in [-0.2, -0.15) is 5.26 Å². The summed E-state index contributed by atoms with van der Waals surface area (Å²) in [6, 6.07) is 5.61. The normalized spacial score (nSPS) is 8.92. The van der Waals surface area contributed by atoms with Crippen LogP contribution in [0.4, 0.5) is 5.69 Å². The second-order valence-corrected chi connectivity index (χ2v) is 2.49. The van der Waals surface area contributed by atoms with Crippen molar-refractivity contribution in [1.29, 1.82) is 5.26 Å². The molecular formula is C7H3N2O2S. The SMILES string of the molecule is N#Cc1cc([N+](=O)[O-])ccc1[S]. The Kier molecular flexibility index (Phi) is 2.21. The van der Waals surface area contributed by atoms with E-state index in [1.54, 1.807) is 6.07 Å². The van der Waals surface area contributed by atoms with E-state index in [9.17, 15) is 10.1 Å². The van der Waals surface area contributed by atoms with Gasteiger partial charge >= 0.3 is 0 Å². The first-order chi connectivity index (χ1) is 5.65. The van der Waals surface area contributed by atoms with E-state index in [1.807, 2.05) is 0 Å². The number of hydrogen-bond acceptors (Lipinski definition) is 3. The fraction of sp³-hybridized carbons (Fsp3) is 0. The van der Waals surface area contributed by atoms with E-state index in [-0.39, 0.29) is 11.3 Å². The Hall–Kier alpha value is -1.67. The van der Waals surface area contributed by atoms with Crippen LogP contribution in [-0.2, 0) is 0 Å². The molecule has 0 amide bonds. The van der Waals surface area contributed by atoms with Crippen LogP contribution < -0.4 is 0 Å². The van der Waals surface area contributed by atoms with Crippen LogP contribution in [0.5, 0.6) is 0 Å². The van der Waals surface area contributed by atoms with Crippen LogP contribution in [0.2, 0.25) is 0 Å². The zero-order valence-corrected chi connectivity index (χ0v) is 6.67. The van der Waals surface area contributed by atoms with Crippen LogP contribution in [0.15, 0.2) is 23.1 Å². The Bertz CT molecular complexity index is 370. The molecule has 0 heterocycles. The second kappa shape index (κ2) is 3.15. The fourth-order valence-corrected chi connectivity index (χ4v) is 0.892. The molecule has 4 nitrogen and oxygen atoms in total. The third kappa shape index (κ3) is 1.49. The standard InChI is InChI=1S/C7H3N2O2S/c8-4-5-3-6(9(10)11)1-2-7(5)12/h1-3H. The predicted molar refractivity (Wildman–Crippen MR) is 43.7 cm³/mol. The molecule has 0 atom stereocenters. The Morgan fingerprint density at radius 3 is 2.75 bits per heavy atom. The molecule has 0 aliphatic heterocycles. The number of nitrogens with zero attached hydrogens (tertiary/aromatic N) is 2. The molecule has 1 rings (SSSR count). The van der Waals surface area contributed by atoms with Crippen LogP contribution >= 0.6 is 12.6 Å². The van der Waals surface area contributed by atoms with Crippen LogP contribution in [0.25, 0.3) is 0 Å². The zero-order chi connectivity index (χ0) is 9.14. The first-order valence-corrected chi connectivity index (χ1v) is 3.41. The van der Waals surface area contributed by atoms with Gasteiger partial charge in [-0.3, -0.25) is 10.1 Å². The Balaban J connectivity index is 3.25. The molecule has 0 unspecified atom stereocenters. The van der Waals surface area contributed by atoms with Gasteiger partial charge in [-0.25, -0.2) is 0 Å². The van der Waals surface area contributed by atoms with Crippen LogP contribution in [0, 0.1) is 21.4 Å². The van der Waals surface area contributed by atoms with Crippen LogP contribution in [0.3, 0.4) is 0 Å². The Labute approximate surface area is 74.0 Å². The highest BCUT2D eigenvalue weighted by atomic mass is 32.1. The molecule has 5 heteroatoms. The molecule has 0 aromatic heterocycles. The molecule has 0 bridgehead atoms. The maximum absolute atomic E-state index is 10.2. The topological polar surface area (TPSA) is 66.9 Å². The average molecular weight is 179 g/mol. The first kappa shape index (κ1) is 8.43. The second-order valence-electron chi connectivity index (χ2n) is 2.05. The molecule has 59 valence electrons. The molecule has 1 aromatic carbocycles. The lowest BCUT2D eigenvalue weighted by molar-refractivity contribution is -0.384. The van der Waals surface area contributed by atoms with E-state index >= 15 is 0 Å². The van der Waals surface area contributed by atoms with Gasteiger partial charge in [0.05, 0.1) is 15.4 Å². The monoisotopic (exact) mass is 179 g/mol. The maximum atomic E-state index is 10.2.